The number of benzene rings is 1. The zero-order valence-corrected chi connectivity index (χ0v) is 13.3. The summed E-state index contributed by atoms with van der Waals surface area (Å²) in [6, 6.07) is 7.23. The van der Waals surface area contributed by atoms with Gasteiger partial charge in [0.1, 0.15) is 23.0 Å². The zero-order valence-electron chi connectivity index (χ0n) is 11.7. The summed E-state index contributed by atoms with van der Waals surface area (Å²) in [7, 11) is 0. The molecular formula is C15H14ClN3OS. The van der Waals surface area contributed by atoms with E-state index in [9.17, 15) is 0 Å². The Hall–Kier alpha value is -1.85. The lowest BCUT2D eigenvalue weighted by molar-refractivity contribution is 0.296. The Morgan fingerprint density at radius 1 is 1.29 bits per heavy atom. The summed E-state index contributed by atoms with van der Waals surface area (Å²) >= 11 is 7.54. The van der Waals surface area contributed by atoms with Gasteiger partial charge in [0.25, 0.3) is 0 Å². The number of thiophene rings is 1. The molecule has 108 valence electrons. The van der Waals surface area contributed by atoms with E-state index >= 15 is 0 Å². The van der Waals surface area contributed by atoms with Gasteiger partial charge in [0.2, 0.25) is 0 Å². The number of nitrogens with two attached hydrogens (primary N) is 1. The van der Waals surface area contributed by atoms with Crippen LogP contribution in [0.5, 0.6) is 5.75 Å². The van der Waals surface area contributed by atoms with Gasteiger partial charge in [-0.3, -0.25) is 0 Å². The molecule has 0 atom stereocenters. The summed E-state index contributed by atoms with van der Waals surface area (Å²) < 4.78 is 5.65. The predicted octanol–water partition coefficient (Wildman–Crippen LogP) is 4.12. The molecule has 0 saturated heterocycles. The van der Waals surface area contributed by atoms with Gasteiger partial charge in [0.15, 0.2) is 5.82 Å². The summed E-state index contributed by atoms with van der Waals surface area (Å²) in [5, 5.41) is 1.58. The van der Waals surface area contributed by atoms with Crippen molar-refractivity contribution in [1.29, 1.82) is 0 Å². The Morgan fingerprint density at radius 2 is 2.10 bits per heavy atom. The van der Waals surface area contributed by atoms with Crippen molar-refractivity contribution in [3.8, 4) is 5.75 Å². The molecule has 0 bridgehead atoms. The molecule has 0 radical (unpaired) electrons. The second-order valence-electron chi connectivity index (χ2n) is 4.73. The van der Waals surface area contributed by atoms with Crippen molar-refractivity contribution in [1.82, 2.24) is 9.97 Å². The molecule has 2 N–H and O–H groups in total. The number of nitrogen functional groups attached to an aromatic ring is 1. The van der Waals surface area contributed by atoms with Crippen molar-refractivity contribution < 1.29 is 4.74 Å². The highest BCUT2D eigenvalue weighted by Crippen LogP contribution is 2.32. The van der Waals surface area contributed by atoms with Gasteiger partial charge in [0.05, 0.1) is 5.39 Å². The highest BCUT2D eigenvalue weighted by Gasteiger charge is 2.12. The molecule has 0 amide bonds. The van der Waals surface area contributed by atoms with E-state index in [1.165, 1.54) is 4.88 Å². The van der Waals surface area contributed by atoms with Crippen molar-refractivity contribution in [2.75, 3.05) is 5.73 Å². The maximum atomic E-state index is 6.04. The maximum absolute atomic E-state index is 6.04. The van der Waals surface area contributed by atoms with E-state index in [1.807, 2.05) is 19.1 Å². The minimum atomic E-state index is 0.260. The lowest BCUT2D eigenvalue weighted by atomic mass is 10.2. The van der Waals surface area contributed by atoms with Gasteiger partial charge in [-0.2, -0.15) is 0 Å². The van der Waals surface area contributed by atoms with E-state index in [2.05, 4.69) is 16.9 Å². The lowest BCUT2D eigenvalue weighted by Crippen LogP contribution is -2.04. The van der Waals surface area contributed by atoms with Gasteiger partial charge < -0.3 is 10.5 Å². The highest BCUT2D eigenvalue weighted by atomic mass is 35.5. The van der Waals surface area contributed by atoms with Gasteiger partial charge in [-0.15, -0.1) is 11.3 Å². The number of aromatic nitrogens is 2. The van der Waals surface area contributed by atoms with Crippen LogP contribution in [0.1, 0.15) is 16.3 Å². The van der Waals surface area contributed by atoms with Crippen LogP contribution >= 0.6 is 22.9 Å². The number of hydrogen-bond acceptors (Lipinski definition) is 5. The largest absolute Gasteiger partial charge is 0.486 e. The first kappa shape index (κ1) is 14.1. The van der Waals surface area contributed by atoms with E-state index in [1.54, 1.807) is 23.5 Å². The first-order chi connectivity index (χ1) is 10.0. The number of ether oxygens (including phenoxy) is 1. The molecule has 3 rings (SSSR count). The van der Waals surface area contributed by atoms with Crippen molar-refractivity contribution in [3.63, 3.8) is 0 Å². The van der Waals surface area contributed by atoms with Crippen LogP contribution in [0.4, 0.5) is 5.82 Å². The predicted molar refractivity (Wildman–Crippen MR) is 87.1 cm³/mol. The summed E-state index contributed by atoms with van der Waals surface area (Å²) in [5.41, 5.74) is 7.19. The highest BCUT2D eigenvalue weighted by molar-refractivity contribution is 7.18. The number of fused-ring (bicyclic) bond motifs is 1. The van der Waals surface area contributed by atoms with Crippen LogP contribution in [-0.4, -0.2) is 9.97 Å². The molecule has 21 heavy (non-hydrogen) atoms. The van der Waals surface area contributed by atoms with Gasteiger partial charge >= 0.3 is 0 Å². The summed E-state index contributed by atoms with van der Waals surface area (Å²) in [4.78, 5) is 11.0. The second kappa shape index (κ2) is 5.50. The van der Waals surface area contributed by atoms with Crippen molar-refractivity contribution >= 4 is 39.0 Å². The first-order valence-corrected chi connectivity index (χ1v) is 7.64. The van der Waals surface area contributed by atoms with Crippen LogP contribution in [0.2, 0.25) is 5.02 Å². The summed E-state index contributed by atoms with van der Waals surface area (Å²) in [5.74, 6) is 1.76. The number of aryl methyl sites for hydroxylation is 2. The van der Waals surface area contributed by atoms with E-state index < -0.39 is 0 Å². The van der Waals surface area contributed by atoms with E-state index in [4.69, 9.17) is 22.1 Å². The monoisotopic (exact) mass is 319 g/mol. The normalized spacial score (nSPS) is 11.0. The second-order valence-corrected chi connectivity index (χ2v) is 6.37. The number of halogens is 1. The van der Waals surface area contributed by atoms with Crippen LogP contribution in [-0.2, 0) is 6.61 Å². The Balaban J connectivity index is 1.88. The van der Waals surface area contributed by atoms with Crippen molar-refractivity contribution in [2.45, 2.75) is 20.5 Å². The minimum absolute atomic E-state index is 0.260. The van der Waals surface area contributed by atoms with Gasteiger partial charge in [-0.1, -0.05) is 17.7 Å². The van der Waals surface area contributed by atoms with E-state index in [0.29, 0.717) is 22.4 Å². The Morgan fingerprint density at radius 3 is 2.86 bits per heavy atom. The maximum Gasteiger partial charge on any atom is 0.169 e. The van der Waals surface area contributed by atoms with Gasteiger partial charge in [-0.25, -0.2) is 9.97 Å². The Kier molecular flexibility index (Phi) is 3.69. The zero-order chi connectivity index (χ0) is 15.0. The molecule has 3 aromatic rings. The van der Waals surface area contributed by atoms with Crippen LogP contribution in [0.3, 0.4) is 0 Å². The molecule has 0 saturated carbocycles. The SMILES string of the molecule is Cc1sc2nc(COc3cccc(Cl)c3)nc(N)c2c1C. The third-order valence-corrected chi connectivity index (χ3v) is 4.60. The van der Waals surface area contributed by atoms with Gasteiger partial charge in [0, 0.05) is 9.90 Å². The Bertz CT molecular complexity index is 816. The quantitative estimate of drug-likeness (QED) is 0.788. The molecule has 1 aromatic carbocycles. The average Bonchev–Trinajstić information content (AvgIpc) is 2.72. The van der Waals surface area contributed by atoms with Crippen LogP contribution < -0.4 is 10.5 Å². The van der Waals surface area contributed by atoms with Gasteiger partial charge in [-0.05, 0) is 37.6 Å². The molecule has 0 aliphatic carbocycles. The Labute approximate surface area is 131 Å². The van der Waals surface area contributed by atoms with Crippen LogP contribution in [0.15, 0.2) is 24.3 Å². The number of anilines is 1. The number of hydrogen-bond donors (Lipinski definition) is 1. The smallest absolute Gasteiger partial charge is 0.169 e. The molecule has 0 fully saturated rings. The fraction of sp³-hybridized carbons (Fsp3) is 0.200. The average molecular weight is 320 g/mol. The lowest BCUT2D eigenvalue weighted by Gasteiger charge is -2.06. The number of rotatable bonds is 3. The fourth-order valence-corrected chi connectivity index (χ4v) is 3.33. The molecule has 0 aliphatic rings. The van der Waals surface area contributed by atoms with Crippen molar-refractivity contribution in [2.24, 2.45) is 0 Å². The first-order valence-electron chi connectivity index (χ1n) is 6.45. The molecule has 2 heterocycles. The van der Waals surface area contributed by atoms with E-state index in [0.717, 1.165) is 15.8 Å². The molecule has 2 aromatic heterocycles. The third kappa shape index (κ3) is 2.80. The number of nitrogens with zero attached hydrogens (tertiary/aromatic N) is 2. The van der Waals surface area contributed by atoms with Crippen LogP contribution in [0, 0.1) is 13.8 Å². The molecule has 6 heteroatoms. The standard InChI is InChI=1S/C15H14ClN3OS/c1-8-9(2)21-15-13(8)14(17)18-12(19-15)7-20-11-5-3-4-10(16)6-11/h3-6H,7H2,1-2H3,(H2,17,18,19). The molecule has 0 aliphatic heterocycles. The molecule has 0 unspecified atom stereocenters. The third-order valence-electron chi connectivity index (χ3n) is 3.27. The fourth-order valence-electron chi connectivity index (χ4n) is 2.10. The van der Waals surface area contributed by atoms with E-state index in [-0.39, 0.29) is 6.61 Å². The molecule has 0 spiro atoms. The summed E-state index contributed by atoms with van der Waals surface area (Å²) in [6.45, 7) is 4.36. The topological polar surface area (TPSA) is 61.0 Å². The van der Waals surface area contributed by atoms with Crippen molar-refractivity contribution in [3.05, 3.63) is 45.6 Å². The minimum Gasteiger partial charge on any atom is -0.486 e. The molecule has 4 nitrogen and oxygen atoms in total. The molecular weight excluding hydrogens is 306 g/mol. The summed E-state index contributed by atoms with van der Waals surface area (Å²) in [6.07, 6.45) is 0. The van der Waals surface area contributed by atoms with Crippen LogP contribution in [0.25, 0.3) is 10.2 Å².